The molecule has 1 amide bonds. The molecule has 1 aliphatic carbocycles. The second-order valence-corrected chi connectivity index (χ2v) is 5.43. The Morgan fingerprint density at radius 3 is 2.81 bits per heavy atom. The van der Waals surface area contributed by atoms with Crippen molar-refractivity contribution in [2.75, 3.05) is 0 Å². The van der Waals surface area contributed by atoms with E-state index in [0.29, 0.717) is 23.2 Å². The van der Waals surface area contributed by atoms with Gasteiger partial charge in [0.2, 0.25) is 0 Å². The first-order valence-electron chi connectivity index (χ1n) is 6.85. The molecule has 1 aromatic heterocycles. The summed E-state index contributed by atoms with van der Waals surface area (Å²) in [5.74, 6) is -1.61. The number of halogens is 1. The average Bonchev–Trinajstić information content (AvgIpc) is 3.13. The number of hydrogen-bond donors (Lipinski definition) is 3. The van der Waals surface area contributed by atoms with E-state index in [2.05, 4.69) is 10.3 Å². The maximum Gasteiger partial charge on any atom is 0.326 e. The number of amides is 1. The third-order valence-electron chi connectivity index (χ3n) is 3.72. The van der Waals surface area contributed by atoms with Crippen molar-refractivity contribution in [3.05, 3.63) is 35.8 Å². The van der Waals surface area contributed by atoms with Crippen LogP contribution in [0.2, 0.25) is 0 Å². The van der Waals surface area contributed by atoms with Crippen LogP contribution in [0.25, 0.3) is 10.9 Å². The van der Waals surface area contributed by atoms with Crippen LogP contribution in [0.1, 0.15) is 29.8 Å². The number of aliphatic carboxylic acids is 1. The molecule has 3 N–H and O–H groups in total. The predicted octanol–water partition coefficient (Wildman–Crippen LogP) is 2.29. The van der Waals surface area contributed by atoms with Crippen molar-refractivity contribution in [1.29, 1.82) is 0 Å². The van der Waals surface area contributed by atoms with Crippen molar-refractivity contribution in [3.63, 3.8) is 0 Å². The van der Waals surface area contributed by atoms with Gasteiger partial charge in [-0.25, -0.2) is 9.18 Å². The fourth-order valence-corrected chi connectivity index (χ4v) is 2.38. The Balaban J connectivity index is 1.79. The summed E-state index contributed by atoms with van der Waals surface area (Å²) in [5.41, 5.74) is 0.673. The minimum Gasteiger partial charge on any atom is -0.480 e. The molecule has 1 heterocycles. The number of H-pyrrole nitrogens is 1. The molecule has 0 radical (unpaired) electrons. The van der Waals surface area contributed by atoms with Crippen LogP contribution in [0.3, 0.4) is 0 Å². The lowest BCUT2D eigenvalue weighted by Gasteiger charge is -2.13. The Kier molecular flexibility index (Phi) is 3.37. The van der Waals surface area contributed by atoms with Gasteiger partial charge in [0.15, 0.2) is 0 Å². The van der Waals surface area contributed by atoms with Gasteiger partial charge in [0.05, 0.1) is 0 Å². The van der Waals surface area contributed by atoms with E-state index >= 15 is 0 Å². The highest BCUT2D eigenvalue weighted by atomic mass is 19.1. The van der Waals surface area contributed by atoms with Crippen molar-refractivity contribution >= 4 is 22.8 Å². The third kappa shape index (κ3) is 2.89. The predicted molar refractivity (Wildman–Crippen MR) is 74.5 cm³/mol. The molecule has 5 nitrogen and oxygen atoms in total. The summed E-state index contributed by atoms with van der Waals surface area (Å²) in [6, 6.07) is 5.01. The largest absolute Gasteiger partial charge is 0.480 e. The van der Waals surface area contributed by atoms with Gasteiger partial charge in [-0.3, -0.25) is 4.79 Å². The number of carbonyl (C=O) groups excluding carboxylic acids is 1. The first kappa shape index (κ1) is 13.6. The first-order chi connectivity index (χ1) is 10.0. The van der Waals surface area contributed by atoms with Gasteiger partial charge >= 0.3 is 5.97 Å². The number of carbonyl (C=O) groups is 2. The molecule has 3 rings (SSSR count). The van der Waals surface area contributed by atoms with Gasteiger partial charge in [-0.1, -0.05) is 18.9 Å². The van der Waals surface area contributed by atoms with Gasteiger partial charge in [0.25, 0.3) is 5.91 Å². The van der Waals surface area contributed by atoms with Crippen LogP contribution in [0, 0.1) is 11.7 Å². The van der Waals surface area contributed by atoms with E-state index in [1.807, 2.05) is 0 Å². The Labute approximate surface area is 120 Å². The standard InChI is InChI=1S/C15H15FN2O3/c16-10-2-1-3-11-9(10)7-12(17-11)14(19)18-13(15(20)21)6-8-4-5-8/h1-3,7-8,13,17H,4-6H2,(H,18,19)(H,20,21). The quantitative estimate of drug-likeness (QED) is 0.790. The van der Waals surface area contributed by atoms with Gasteiger partial charge in [-0.2, -0.15) is 0 Å². The smallest absolute Gasteiger partial charge is 0.326 e. The zero-order valence-corrected chi connectivity index (χ0v) is 11.2. The van der Waals surface area contributed by atoms with Crippen molar-refractivity contribution < 1.29 is 19.1 Å². The molecular weight excluding hydrogens is 275 g/mol. The van der Waals surface area contributed by atoms with Gasteiger partial charge in [0, 0.05) is 10.9 Å². The molecule has 6 heteroatoms. The minimum absolute atomic E-state index is 0.164. The SMILES string of the molecule is O=C(NC(CC1CC1)C(=O)O)c1cc2c(F)cccc2[nH]1. The molecule has 1 aromatic carbocycles. The van der Waals surface area contributed by atoms with Crippen LogP contribution in [-0.2, 0) is 4.79 Å². The molecule has 2 aromatic rings. The molecule has 1 unspecified atom stereocenters. The summed E-state index contributed by atoms with van der Waals surface area (Å²) in [6.07, 6.45) is 2.46. The number of aromatic amines is 1. The normalized spacial score (nSPS) is 15.9. The summed E-state index contributed by atoms with van der Waals surface area (Å²) in [4.78, 5) is 26.1. The van der Waals surface area contributed by atoms with E-state index < -0.39 is 23.7 Å². The summed E-state index contributed by atoms with van der Waals surface area (Å²) in [7, 11) is 0. The topological polar surface area (TPSA) is 82.2 Å². The number of hydrogen-bond acceptors (Lipinski definition) is 2. The van der Waals surface area contributed by atoms with Crippen molar-refractivity contribution in [3.8, 4) is 0 Å². The van der Waals surface area contributed by atoms with Crippen LogP contribution in [-0.4, -0.2) is 28.0 Å². The highest BCUT2D eigenvalue weighted by Gasteiger charge is 2.30. The van der Waals surface area contributed by atoms with E-state index in [-0.39, 0.29) is 5.69 Å². The monoisotopic (exact) mass is 290 g/mol. The maximum atomic E-state index is 13.6. The zero-order chi connectivity index (χ0) is 15.0. The molecule has 1 saturated carbocycles. The number of rotatable bonds is 5. The van der Waals surface area contributed by atoms with Crippen molar-refractivity contribution in [2.45, 2.75) is 25.3 Å². The highest BCUT2D eigenvalue weighted by molar-refractivity contribution is 5.99. The molecule has 0 bridgehead atoms. The van der Waals surface area contributed by atoms with Crippen LogP contribution in [0.15, 0.2) is 24.3 Å². The molecule has 1 atom stereocenters. The van der Waals surface area contributed by atoms with E-state index in [1.54, 1.807) is 12.1 Å². The van der Waals surface area contributed by atoms with Crippen LogP contribution >= 0.6 is 0 Å². The molecule has 21 heavy (non-hydrogen) atoms. The second kappa shape index (κ2) is 5.20. The lowest BCUT2D eigenvalue weighted by atomic mass is 10.1. The van der Waals surface area contributed by atoms with Gasteiger partial charge in [0.1, 0.15) is 17.6 Å². The van der Waals surface area contributed by atoms with Crippen LogP contribution in [0.5, 0.6) is 0 Å². The lowest BCUT2D eigenvalue weighted by Crippen LogP contribution is -2.41. The summed E-state index contributed by atoms with van der Waals surface area (Å²) < 4.78 is 13.6. The first-order valence-corrected chi connectivity index (χ1v) is 6.85. The molecule has 1 aliphatic rings. The summed E-state index contributed by atoms with van der Waals surface area (Å²) in [5, 5.41) is 12.0. The Morgan fingerprint density at radius 1 is 1.43 bits per heavy atom. The van der Waals surface area contributed by atoms with Crippen molar-refractivity contribution in [2.24, 2.45) is 5.92 Å². The average molecular weight is 290 g/mol. The van der Waals surface area contributed by atoms with Crippen LogP contribution < -0.4 is 5.32 Å². The fraction of sp³-hybridized carbons (Fsp3) is 0.333. The van der Waals surface area contributed by atoms with E-state index in [9.17, 15) is 14.0 Å². The summed E-state index contributed by atoms with van der Waals surface area (Å²) >= 11 is 0. The van der Waals surface area contributed by atoms with Crippen molar-refractivity contribution in [1.82, 2.24) is 10.3 Å². The van der Waals surface area contributed by atoms with Gasteiger partial charge in [-0.05, 0) is 30.5 Å². The summed E-state index contributed by atoms with van der Waals surface area (Å²) in [6.45, 7) is 0. The second-order valence-electron chi connectivity index (χ2n) is 5.43. The maximum absolute atomic E-state index is 13.6. The molecule has 0 aliphatic heterocycles. The Hall–Kier alpha value is -2.37. The van der Waals surface area contributed by atoms with E-state index in [4.69, 9.17) is 5.11 Å². The third-order valence-corrected chi connectivity index (χ3v) is 3.72. The minimum atomic E-state index is -1.04. The van der Waals surface area contributed by atoms with Crippen LogP contribution in [0.4, 0.5) is 4.39 Å². The van der Waals surface area contributed by atoms with E-state index in [0.717, 1.165) is 12.8 Å². The molecular formula is C15H15FN2O3. The molecule has 0 spiro atoms. The Bertz CT molecular complexity index is 706. The fourth-order valence-electron chi connectivity index (χ4n) is 2.38. The molecule has 1 fully saturated rings. The molecule has 0 saturated heterocycles. The number of benzene rings is 1. The number of nitrogens with one attached hydrogen (secondary N) is 2. The number of aromatic nitrogens is 1. The lowest BCUT2D eigenvalue weighted by molar-refractivity contribution is -0.139. The van der Waals surface area contributed by atoms with Gasteiger partial charge in [-0.15, -0.1) is 0 Å². The van der Waals surface area contributed by atoms with E-state index in [1.165, 1.54) is 12.1 Å². The number of carboxylic acids is 1. The van der Waals surface area contributed by atoms with Gasteiger partial charge < -0.3 is 15.4 Å². The number of carboxylic acid groups (broad SMARTS) is 1. The number of fused-ring (bicyclic) bond motifs is 1. The zero-order valence-electron chi connectivity index (χ0n) is 11.2. The Morgan fingerprint density at radius 2 is 2.19 bits per heavy atom. The molecule has 110 valence electrons. The highest BCUT2D eigenvalue weighted by Crippen LogP contribution is 2.33.